The average Bonchev–Trinajstić information content (AvgIpc) is 2.27. The van der Waals surface area contributed by atoms with Crippen LogP contribution >= 0.6 is 0 Å². The number of rotatable bonds is 6. The molecule has 1 rings (SSSR count). The van der Waals surface area contributed by atoms with Crippen molar-refractivity contribution < 1.29 is 14.6 Å². The van der Waals surface area contributed by atoms with Crippen LogP contribution in [0.1, 0.15) is 18.9 Å². The van der Waals surface area contributed by atoms with Crippen molar-refractivity contribution in [3.8, 4) is 5.75 Å². The largest absolute Gasteiger partial charge is 0.494 e. The van der Waals surface area contributed by atoms with Crippen LogP contribution < -0.4 is 4.74 Å². The predicted octanol–water partition coefficient (Wildman–Crippen LogP) is 2.66. The third-order valence-corrected chi connectivity index (χ3v) is 2.09. The molecule has 3 nitrogen and oxygen atoms in total. The molecule has 0 fully saturated rings. The first kappa shape index (κ1) is 12.3. The van der Waals surface area contributed by atoms with Gasteiger partial charge in [0.05, 0.1) is 6.61 Å². The molecule has 16 heavy (non-hydrogen) atoms. The Morgan fingerprint density at radius 2 is 2.06 bits per heavy atom. The van der Waals surface area contributed by atoms with E-state index in [1.807, 2.05) is 31.2 Å². The summed E-state index contributed by atoms with van der Waals surface area (Å²) in [6, 6.07) is 7.86. The van der Waals surface area contributed by atoms with Gasteiger partial charge in [-0.1, -0.05) is 18.2 Å². The number of hydrogen-bond donors (Lipinski definition) is 1. The second-order valence-corrected chi connectivity index (χ2v) is 3.36. The van der Waals surface area contributed by atoms with Crippen LogP contribution in [0.15, 0.2) is 36.4 Å². The van der Waals surface area contributed by atoms with E-state index in [4.69, 9.17) is 9.84 Å². The number of allylic oxidation sites excluding steroid dienone is 1. The molecule has 0 aliphatic heterocycles. The Labute approximate surface area is 95.4 Å². The molecule has 0 aliphatic carbocycles. The molecule has 0 aliphatic rings. The molecule has 1 aromatic rings. The van der Waals surface area contributed by atoms with Crippen LogP contribution in [-0.4, -0.2) is 17.7 Å². The first-order valence-electron chi connectivity index (χ1n) is 5.33. The van der Waals surface area contributed by atoms with Crippen molar-refractivity contribution >= 4 is 5.97 Å². The van der Waals surface area contributed by atoms with Crippen molar-refractivity contribution in [3.63, 3.8) is 0 Å². The molecular formula is C13H16O3. The highest BCUT2D eigenvalue weighted by Crippen LogP contribution is 2.13. The van der Waals surface area contributed by atoms with Crippen LogP contribution in [0.2, 0.25) is 0 Å². The molecule has 0 spiro atoms. The summed E-state index contributed by atoms with van der Waals surface area (Å²) in [5.41, 5.74) is 1.18. The topological polar surface area (TPSA) is 46.5 Å². The second-order valence-electron chi connectivity index (χ2n) is 3.36. The Morgan fingerprint density at radius 3 is 2.62 bits per heavy atom. The molecular weight excluding hydrogens is 204 g/mol. The molecule has 0 radical (unpaired) electrons. The zero-order valence-corrected chi connectivity index (χ0v) is 9.35. The number of hydrogen-bond acceptors (Lipinski definition) is 2. The fourth-order valence-electron chi connectivity index (χ4n) is 1.35. The van der Waals surface area contributed by atoms with E-state index in [0.717, 1.165) is 18.6 Å². The van der Waals surface area contributed by atoms with Gasteiger partial charge in [0.2, 0.25) is 0 Å². The number of ether oxygens (including phenoxy) is 1. The van der Waals surface area contributed by atoms with Gasteiger partial charge in [0.1, 0.15) is 5.75 Å². The maximum atomic E-state index is 10.2. The Bertz CT molecular complexity index is 352. The number of benzene rings is 1. The Balaban J connectivity index is 2.40. The van der Waals surface area contributed by atoms with Crippen LogP contribution in [0.3, 0.4) is 0 Å². The predicted molar refractivity (Wildman–Crippen MR) is 62.7 cm³/mol. The zero-order valence-electron chi connectivity index (χ0n) is 9.35. The lowest BCUT2D eigenvalue weighted by molar-refractivity contribution is -0.131. The zero-order chi connectivity index (χ0) is 11.8. The highest BCUT2D eigenvalue weighted by molar-refractivity contribution is 5.79. The van der Waals surface area contributed by atoms with Crippen LogP contribution in [0.4, 0.5) is 0 Å². The quantitative estimate of drug-likeness (QED) is 0.750. The molecule has 1 N–H and O–H groups in total. The second kappa shape index (κ2) is 6.67. The Kier molecular flexibility index (Phi) is 5.12. The fourth-order valence-corrected chi connectivity index (χ4v) is 1.35. The van der Waals surface area contributed by atoms with Crippen molar-refractivity contribution in [2.75, 3.05) is 6.61 Å². The van der Waals surface area contributed by atoms with Crippen molar-refractivity contribution in [3.05, 3.63) is 42.0 Å². The number of aliphatic carboxylic acids is 1. The van der Waals surface area contributed by atoms with E-state index in [0.29, 0.717) is 6.61 Å². The minimum Gasteiger partial charge on any atom is -0.494 e. The summed E-state index contributed by atoms with van der Waals surface area (Å²) in [5, 5.41) is 8.40. The van der Waals surface area contributed by atoms with Gasteiger partial charge in [-0.05, 0) is 37.5 Å². The van der Waals surface area contributed by atoms with Gasteiger partial charge >= 0.3 is 5.97 Å². The number of carboxylic acid groups (broad SMARTS) is 1. The molecule has 1 aromatic carbocycles. The van der Waals surface area contributed by atoms with E-state index >= 15 is 0 Å². The average molecular weight is 220 g/mol. The lowest BCUT2D eigenvalue weighted by Crippen LogP contribution is -1.91. The lowest BCUT2D eigenvalue weighted by Gasteiger charge is -2.03. The summed E-state index contributed by atoms with van der Waals surface area (Å²) in [4.78, 5) is 10.2. The molecule has 86 valence electrons. The highest BCUT2D eigenvalue weighted by Gasteiger charge is 1.94. The molecule has 0 saturated heterocycles. The smallest absolute Gasteiger partial charge is 0.327 e. The molecule has 0 unspecified atom stereocenters. The molecule has 0 bridgehead atoms. The van der Waals surface area contributed by atoms with Gasteiger partial charge in [-0.3, -0.25) is 0 Å². The SMILES string of the molecule is CCOc1ccc(CC/C=C/C(=O)O)cc1. The first-order chi connectivity index (χ1) is 7.72. The van der Waals surface area contributed by atoms with E-state index in [-0.39, 0.29) is 0 Å². The third kappa shape index (κ3) is 4.64. The van der Waals surface area contributed by atoms with Crippen molar-refractivity contribution in [1.82, 2.24) is 0 Å². The van der Waals surface area contributed by atoms with E-state index in [1.54, 1.807) is 6.08 Å². The van der Waals surface area contributed by atoms with Gasteiger partial charge in [0, 0.05) is 6.08 Å². The van der Waals surface area contributed by atoms with Crippen LogP contribution in [0, 0.1) is 0 Å². The van der Waals surface area contributed by atoms with Gasteiger partial charge in [0.25, 0.3) is 0 Å². The number of carboxylic acids is 1. The minimum atomic E-state index is -0.897. The van der Waals surface area contributed by atoms with Crippen LogP contribution in [0.5, 0.6) is 5.75 Å². The van der Waals surface area contributed by atoms with Gasteiger partial charge in [0.15, 0.2) is 0 Å². The molecule has 3 heteroatoms. The summed E-state index contributed by atoms with van der Waals surface area (Å²) in [7, 11) is 0. The summed E-state index contributed by atoms with van der Waals surface area (Å²) in [6.45, 7) is 2.62. The molecule has 0 heterocycles. The standard InChI is InChI=1S/C13H16O3/c1-2-16-12-9-7-11(8-10-12)5-3-4-6-13(14)15/h4,6-10H,2-3,5H2,1H3,(H,14,15)/b6-4+. The normalized spacial score (nSPS) is 10.6. The summed E-state index contributed by atoms with van der Waals surface area (Å²) in [5.74, 6) is -0.0287. The van der Waals surface area contributed by atoms with E-state index in [9.17, 15) is 4.79 Å². The van der Waals surface area contributed by atoms with Crippen LogP contribution in [0.25, 0.3) is 0 Å². The van der Waals surface area contributed by atoms with Gasteiger partial charge < -0.3 is 9.84 Å². The molecule has 0 amide bonds. The van der Waals surface area contributed by atoms with Crippen LogP contribution in [-0.2, 0) is 11.2 Å². The first-order valence-corrected chi connectivity index (χ1v) is 5.33. The van der Waals surface area contributed by atoms with Crippen molar-refractivity contribution in [2.24, 2.45) is 0 Å². The Morgan fingerprint density at radius 1 is 1.38 bits per heavy atom. The molecule has 0 aromatic heterocycles. The molecule has 0 atom stereocenters. The Hall–Kier alpha value is -1.77. The van der Waals surface area contributed by atoms with E-state index in [1.165, 1.54) is 11.6 Å². The van der Waals surface area contributed by atoms with E-state index in [2.05, 4.69) is 0 Å². The number of aryl methyl sites for hydroxylation is 1. The summed E-state index contributed by atoms with van der Waals surface area (Å²) >= 11 is 0. The summed E-state index contributed by atoms with van der Waals surface area (Å²) < 4.78 is 5.33. The lowest BCUT2D eigenvalue weighted by atomic mass is 10.1. The van der Waals surface area contributed by atoms with Crippen molar-refractivity contribution in [1.29, 1.82) is 0 Å². The van der Waals surface area contributed by atoms with Gasteiger partial charge in [-0.25, -0.2) is 4.79 Å². The van der Waals surface area contributed by atoms with Gasteiger partial charge in [-0.15, -0.1) is 0 Å². The van der Waals surface area contributed by atoms with Crippen molar-refractivity contribution in [2.45, 2.75) is 19.8 Å². The minimum absolute atomic E-state index is 0.667. The third-order valence-electron chi connectivity index (χ3n) is 2.09. The van der Waals surface area contributed by atoms with Gasteiger partial charge in [-0.2, -0.15) is 0 Å². The summed E-state index contributed by atoms with van der Waals surface area (Å²) in [6.07, 6.45) is 4.42. The number of carbonyl (C=O) groups is 1. The highest BCUT2D eigenvalue weighted by atomic mass is 16.5. The fraction of sp³-hybridized carbons (Fsp3) is 0.308. The maximum absolute atomic E-state index is 10.2. The van der Waals surface area contributed by atoms with E-state index < -0.39 is 5.97 Å². The maximum Gasteiger partial charge on any atom is 0.327 e. The monoisotopic (exact) mass is 220 g/mol. The molecule has 0 saturated carbocycles.